The number of aliphatic hydroxyl groups excluding tert-OH is 1. The lowest BCUT2D eigenvalue weighted by molar-refractivity contribution is 0.299. The predicted octanol–water partition coefficient (Wildman–Crippen LogP) is 2.56. The quantitative estimate of drug-likeness (QED) is 0.886. The van der Waals surface area contributed by atoms with E-state index in [2.05, 4.69) is 4.98 Å². The molecular weight excluding hydrogens is 224 g/mol. The van der Waals surface area contributed by atoms with Gasteiger partial charge in [0, 0.05) is 24.4 Å². The summed E-state index contributed by atoms with van der Waals surface area (Å²) in [7, 11) is 0. The number of aliphatic hydroxyl groups is 1. The molecule has 0 aliphatic carbocycles. The maximum atomic E-state index is 13.1. The van der Waals surface area contributed by atoms with Crippen LogP contribution in [0.15, 0.2) is 36.5 Å². The number of pyridine rings is 1. The lowest BCUT2D eigenvalue weighted by Crippen LogP contribution is -1.97. The number of rotatable bonds is 3. The smallest absolute Gasteiger partial charge is 0.126 e. The molecule has 0 aliphatic heterocycles. The molecule has 0 atom stereocenters. The highest BCUT2D eigenvalue weighted by Crippen LogP contribution is 2.23. The Hall–Kier alpha value is -1.81. The van der Waals surface area contributed by atoms with E-state index in [0.717, 1.165) is 11.6 Å². The van der Waals surface area contributed by atoms with Crippen molar-refractivity contribution in [3.05, 3.63) is 53.7 Å². The normalized spacial score (nSPS) is 10.5. The molecule has 1 heterocycles. The van der Waals surface area contributed by atoms with Gasteiger partial charge in [0.25, 0.3) is 0 Å². The fourth-order valence-corrected chi connectivity index (χ4v) is 1.71. The summed E-state index contributed by atoms with van der Waals surface area (Å²) in [4.78, 5) is 4.11. The molecule has 17 heavy (non-hydrogen) atoms. The van der Waals surface area contributed by atoms with Crippen LogP contribution in [0.4, 0.5) is 8.78 Å². The van der Waals surface area contributed by atoms with E-state index in [-0.39, 0.29) is 6.61 Å². The molecule has 1 aromatic heterocycles. The van der Waals surface area contributed by atoms with Gasteiger partial charge in [-0.15, -0.1) is 0 Å². The molecule has 88 valence electrons. The van der Waals surface area contributed by atoms with Crippen LogP contribution in [0.25, 0.3) is 11.3 Å². The second-order valence-electron chi connectivity index (χ2n) is 3.64. The van der Waals surface area contributed by atoms with Crippen LogP contribution in [0.3, 0.4) is 0 Å². The minimum atomic E-state index is -0.638. The average molecular weight is 235 g/mol. The Kier molecular flexibility index (Phi) is 3.44. The summed E-state index contributed by atoms with van der Waals surface area (Å²) >= 11 is 0. The third-order valence-corrected chi connectivity index (χ3v) is 2.41. The molecule has 2 rings (SSSR count). The first-order valence-electron chi connectivity index (χ1n) is 5.22. The Morgan fingerprint density at radius 3 is 2.47 bits per heavy atom. The van der Waals surface area contributed by atoms with Gasteiger partial charge in [-0.2, -0.15) is 0 Å². The lowest BCUT2D eigenvalue weighted by atomic mass is 10.0. The first-order chi connectivity index (χ1) is 8.20. The first-order valence-corrected chi connectivity index (χ1v) is 5.22. The largest absolute Gasteiger partial charge is 0.396 e. The van der Waals surface area contributed by atoms with E-state index in [4.69, 9.17) is 5.11 Å². The zero-order chi connectivity index (χ0) is 12.3. The Labute approximate surface area is 97.6 Å². The minimum Gasteiger partial charge on any atom is -0.396 e. The van der Waals surface area contributed by atoms with E-state index >= 15 is 0 Å². The van der Waals surface area contributed by atoms with E-state index in [1.165, 1.54) is 12.1 Å². The van der Waals surface area contributed by atoms with Crippen molar-refractivity contribution < 1.29 is 13.9 Å². The Balaban J connectivity index is 2.51. The highest BCUT2D eigenvalue weighted by atomic mass is 19.1. The summed E-state index contributed by atoms with van der Waals surface area (Å²) in [5, 5.41) is 8.92. The molecule has 2 aromatic rings. The lowest BCUT2D eigenvalue weighted by Gasteiger charge is -2.07. The topological polar surface area (TPSA) is 33.1 Å². The van der Waals surface area contributed by atoms with Gasteiger partial charge in [0.05, 0.1) is 5.69 Å². The van der Waals surface area contributed by atoms with Crippen LogP contribution in [-0.4, -0.2) is 16.7 Å². The van der Waals surface area contributed by atoms with Gasteiger partial charge in [-0.05, 0) is 30.2 Å². The van der Waals surface area contributed by atoms with Gasteiger partial charge < -0.3 is 5.11 Å². The van der Waals surface area contributed by atoms with Crippen molar-refractivity contribution in [2.45, 2.75) is 6.42 Å². The van der Waals surface area contributed by atoms with Crippen LogP contribution in [0.1, 0.15) is 5.56 Å². The van der Waals surface area contributed by atoms with Crippen LogP contribution >= 0.6 is 0 Å². The molecule has 0 saturated heterocycles. The molecule has 0 amide bonds. The summed E-state index contributed by atoms with van der Waals surface area (Å²) in [6, 6.07) is 6.78. The molecule has 0 fully saturated rings. The summed E-state index contributed by atoms with van der Waals surface area (Å²) < 4.78 is 26.2. The highest BCUT2D eigenvalue weighted by molar-refractivity contribution is 5.63. The fourth-order valence-electron chi connectivity index (χ4n) is 1.71. The predicted molar refractivity (Wildman–Crippen MR) is 60.4 cm³/mol. The maximum absolute atomic E-state index is 13.1. The van der Waals surface area contributed by atoms with Crippen LogP contribution in [0.5, 0.6) is 0 Å². The van der Waals surface area contributed by atoms with Gasteiger partial charge in [0.2, 0.25) is 0 Å². The third-order valence-electron chi connectivity index (χ3n) is 2.41. The summed E-state index contributed by atoms with van der Waals surface area (Å²) in [6.07, 6.45) is 1.96. The van der Waals surface area contributed by atoms with Gasteiger partial charge in [-0.1, -0.05) is 6.07 Å². The van der Waals surface area contributed by atoms with Gasteiger partial charge in [-0.25, -0.2) is 8.78 Å². The molecule has 1 aromatic carbocycles. The summed E-state index contributed by atoms with van der Waals surface area (Å²) in [5.41, 5.74) is 1.64. The summed E-state index contributed by atoms with van der Waals surface area (Å²) in [5.74, 6) is -1.28. The standard InChI is InChI=1S/C13H11F2NO/c14-11-6-10(7-12(15)8-11)13-9(3-5-17)2-1-4-16-13/h1-2,4,6-8,17H,3,5H2. The number of benzene rings is 1. The van der Waals surface area contributed by atoms with Crippen molar-refractivity contribution >= 4 is 0 Å². The van der Waals surface area contributed by atoms with Crippen molar-refractivity contribution in [1.82, 2.24) is 4.98 Å². The van der Waals surface area contributed by atoms with E-state index < -0.39 is 11.6 Å². The van der Waals surface area contributed by atoms with Gasteiger partial charge in [0.1, 0.15) is 11.6 Å². The van der Waals surface area contributed by atoms with E-state index in [9.17, 15) is 8.78 Å². The van der Waals surface area contributed by atoms with Crippen molar-refractivity contribution in [2.75, 3.05) is 6.61 Å². The highest BCUT2D eigenvalue weighted by Gasteiger charge is 2.08. The molecule has 1 N–H and O–H groups in total. The minimum absolute atomic E-state index is 0.0313. The zero-order valence-corrected chi connectivity index (χ0v) is 9.03. The monoisotopic (exact) mass is 235 g/mol. The second-order valence-corrected chi connectivity index (χ2v) is 3.64. The summed E-state index contributed by atoms with van der Waals surface area (Å²) in [6.45, 7) is -0.0313. The van der Waals surface area contributed by atoms with E-state index in [0.29, 0.717) is 17.7 Å². The molecule has 0 unspecified atom stereocenters. The van der Waals surface area contributed by atoms with Crippen LogP contribution in [0, 0.1) is 11.6 Å². The fraction of sp³-hybridized carbons (Fsp3) is 0.154. The second kappa shape index (κ2) is 5.01. The average Bonchev–Trinajstić information content (AvgIpc) is 2.29. The zero-order valence-electron chi connectivity index (χ0n) is 9.03. The molecule has 0 spiro atoms. The maximum Gasteiger partial charge on any atom is 0.126 e. The number of aromatic nitrogens is 1. The van der Waals surface area contributed by atoms with Crippen LogP contribution in [0.2, 0.25) is 0 Å². The number of nitrogens with zero attached hydrogens (tertiary/aromatic N) is 1. The molecule has 2 nitrogen and oxygen atoms in total. The SMILES string of the molecule is OCCc1cccnc1-c1cc(F)cc(F)c1. The Morgan fingerprint density at radius 1 is 1.12 bits per heavy atom. The van der Waals surface area contributed by atoms with Crippen LogP contribution < -0.4 is 0 Å². The molecular formula is C13H11F2NO. The van der Waals surface area contributed by atoms with E-state index in [1.54, 1.807) is 18.3 Å². The van der Waals surface area contributed by atoms with Gasteiger partial charge in [-0.3, -0.25) is 4.98 Å². The van der Waals surface area contributed by atoms with Crippen LogP contribution in [-0.2, 0) is 6.42 Å². The Morgan fingerprint density at radius 2 is 1.82 bits per heavy atom. The Bertz CT molecular complexity index is 508. The first kappa shape index (κ1) is 11.7. The number of hydrogen-bond acceptors (Lipinski definition) is 2. The van der Waals surface area contributed by atoms with Crippen molar-refractivity contribution in [1.29, 1.82) is 0 Å². The van der Waals surface area contributed by atoms with Gasteiger partial charge >= 0.3 is 0 Å². The molecule has 0 aliphatic rings. The molecule has 0 bridgehead atoms. The van der Waals surface area contributed by atoms with Crippen molar-refractivity contribution in [3.63, 3.8) is 0 Å². The molecule has 0 saturated carbocycles. The molecule has 4 heteroatoms. The van der Waals surface area contributed by atoms with Crippen molar-refractivity contribution in [2.24, 2.45) is 0 Å². The number of halogens is 2. The third kappa shape index (κ3) is 2.65. The van der Waals surface area contributed by atoms with Crippen molar-refractivity contribution in [3.8, 4) is 11.3 Å². The molecule has 0 radical (unpaired) electrons. The van der Waals surface area contributed by atoms with E-state index in [1.807, 2.05) is 0 Å². The number of hydrogen-bond donors (Lipinski definition) is 1. The van der Waals surface area contributed by atoms with Gasteiger partial charge in [0.15, 0.2) is 0 Å².